The van der Waals surface area contributed by atoms with Crippen LogP contribution in [-0.4, -0.2) is 44.6 Å². The number of carbonyl (C=O) groups is 2. The maximum Gasteiger partial charge on any atom is 0.167 e. The smallest absolute Gasteiger partial charge is 0.167 e. The SMILES string of the molecule is CC.CCCOC1=C(c2c(CC)cc(C)cc2CC)C(=O)CC2(CCOCC2)C1.CCc1cc(C)cc(CC)c1C1=C(OCc2ccc(Cl)s2)CC2(CCOCC2)CC1=O. The summed E-state index contributed by atoms with van der Waals surface area (Å²) in [5, 5.41) is 0. The standard InChI is InChI=1S/C26H31ClO3S.C24H34O3.C2H6/c1-4-18-12-17(3)13-19(5-2)24(18)25-21(28)14-26(8-10-29-11-9-26)15-22(25)30-16-20-6-7-23(27)31-20;1-5-10-27-21-16-24(8-11-26-12-9-24)15-20(25)23(21)22-18(6-2)13-17(4)14-19(22)7-3;1-2/h6-7,12-13H,4-5,8-11,14-16H2,1-3H3;13-14H,5-12,15-16H2,1-4H3;1-2H3. The van der Waals surface area contributed by atoms with Crippen molar-refractivity contribution >= 4 is 45.7 Å². The number of allylic oxidation sites excluding steroid dienone is 4. The van der Waals surface area contributed by atoms with E-state index in [-0.39, 0.29) is 22.4 Å². The van der Waals surface area contributed by atoms with Crippen LogP contribution in [-0.2, 0) is 60.8 Å². The predicted octanol–water partition coefficient (Wildman–Crippen LogP) is 13.4. The Hall–Kier alpha value is -3.23. The monoisotopic (exact) mass is 858 g/mol. The van der Waals surface area contributed by atoms with Gasteiger partial charge in [-0.2, -0.15) is 0 Å². The summed E-state index contributed by atoms with van der Waals surface area (Å²) >= 11 is 7.65. The summed E-state index contributed by atoms with van der Waals surface area (Å²) in [6.07, 6.45) is 11.2. The molecule has 0 radical (unpaired) electrons. The Bertz CT molecular complexity index is 1960. The first-order chi connectivity index (χ1) is 29.0. The number of hydrogen-bond acceptors (Lipinski definition) is 7. The normalized spacial score (nSPS) is 18.6. The lowest BCUT2D eigenvalue weighted by molar-refractivity contribution is -0.120. The second-order valence-corrected chi connectivity index (χ2v) is 18.8. The van der Waals surface area contributed by atoms with Gasteiger partial charge in [0.15, 0.2) is 11.6 Å². The topological polar surface area (TPSA) is 71.1 Å². The molecule has 2 aliphatic carbocycles. The summed E-state index contributed by atoms with van der Waals surface area (Å²) in [4.78, 5) is 28.3. The van der Waals surface area contributed by atoms with Gasteiger partial charge in [-0.25, -0.2) is 0 Å². The minimum atomic E-state index is -0.0370. The summed E-state index contributed by atoms with van der Waals surface area (Å²) in [6.45, 7) is 23.2. The molecule has 2 aliphatic heterocycles. The first-order valence-electron chi connectivity index (χ1n) is 22.9. The van der Waals surface area contributed by atoms with Gasteiger partial charge in [-0.3, -0.25) is 9.59 Å². The Morgan fingerprint density at radius 2 is 1.02 bits per heavy atom. The van der Waals surface area contributed by atoms with Crippen LogP contribution in [0.1, 0.15) is 156 Å². The summed E-state index contributed by atoms with van der Waals surface area (Å²) in [7, 11) is 0. The van der Waals surface area contributed by atoms with Crippen LogP contribution in [0.25, 0.3) is 11.1 Å². The molecule has 0 saturated carbocycles. The summed E-state index contributed by atoms with van der Waals surface area (Å²) < 4.78 is 24.6. The Balaban J connectivity index is 0.000000221. The van der Waals surface area contributed by atoms with Crippen LogP contribution in [0.3, 0.4) is 0 Å². The first kappa shape index (κ1) is 47.8. The highest BCUT2D eigenvalue weighted by Crippen LogP contribution is 2.50. The van der Waals surface area contributed by atoms with Gasteiger partial charge < -0.3 is 18.9 Å². The van der Waals surface area contributed by atoms with Gasteiger partial charge in [0, 0.05) is 57.0 Å². The largest absolute Gasteiger partial charge is 0.497 e. The first-order valence-corrected chi connectivity index (χ1v) is 24.1. The molecule has 0 unspecified atom stereocenters. The van der Waals surface area contributed by atoms with Crippen molar-refractivity contribution in [1.82, 2.24) is 0 Å². The molecule has 8 heteroatoms. The zero-order valence-electron chi connectivity index (χ0n) is 38.1. The van der Waals surface area contributed by atoms with E-state index in [0.717, 1.165) is 140 Å². The van der Waals surface area contributed by atoms with E-state index in [4.69, 9.17) is 30.5 Å². The van der Waals surface area contributed by atoms with Crippen LogP contribution in [0.2, 0.25) is 4.34 Å². The third-order valence-corrected chi connectivity index (χ3v) is 14.0. The summed E-state index contributed by atoms with van der Waals surface area (Å²) in [5.41, 5.74) is 11.5. The molecule has 0 N–H and O–H groups in total. The van der Waals surface area contributed by atoms with E-state index in [1.807, 2.05) is 26.0 Å². The van der Waals surface area contributed by atoms with E-state index in [9.17, 15) is 9.59 Å². The molecule has 2 spiro atoms. The number of benzene rings is 2. The molecule has 328 valence electrons. The number of halogens is 1. The third kappa shape index (κ3) is 11.2. The number of aryl methyl sites for hydroxylation is 6. The molecule has 7 rings (SSSR count). The second kappa shape index (κ2) is 22.2. The van der Waals surface area contributed by atoms with Crippen molar-refractivity contribution in [3.63, 3.8) is 0 Å². The molecule has 4 aliphatic rings. The van der Waals surface area contributed by atoms with Crippen molar-refractivity contribution in [2.24, 2.45) is 10.8 Å². The van der Waals surface area contributed by atoms with Crippen molar-refractivity contribution in [1.29, 1.82) is 0 Å². The number of hydrogen-bond donors (Lipinski definition) is 0. The highest BCUT2D eigenvalue weighted by Gasteiger charge is 2.44. The van der Waals surface area contributed by atoms with Gasteiger partial charge in [-0.05, 0) is 128 Å². The van der Waals surface area contributed by atoms with Crippen LogP contribution in [0.5, 0.6) is 0 Å². The third-order valence-electron chi connectivity index (χ3n) is 12.8. The minimum Gasteiger partial charge on any atom is -0.497 e. The molecular weight excluding hydrogens is 788 g/mol. The quantitative estimate of drug-likeness (QED) is 0.181. The van der Waals surface area contributed by atoms with E-state index in [1.165, 1.54) is 44.7 Å². The molecule has 0 amide bonds. The molecule has 1 aromatic heterocycles. The van der Waals surface area contributed by atoms with Gasteiger partial charge >= 0.3 is 0 Å². The highest BCUT2D eigenvalue weighted by atomic mass is 35.5. The zero-order chi connectivity index (χ0) is 43.5. The maximum absolute atomic E-state index is 13.7. The summed E-state index contributed by atoms with van der Waals surface area (Å²) in [5.74, 6) is 2.28. The van der Waals surface area contributed by atoms with Crippen LogP contribution >= 0.6 is 22.9 Å². The fourth-order valence-corrected chi connectivity index (χ4v) is 10.7. The van der Waals surface area contributed by atoms with Gasteiger partial charge in [-0.15, -0.1) is 11.3 Å². The van der Waals surface area contributed by atoms with Crippen LogP contribution in [0.4, 0.5) is 0 Å². The number of ketones is 2. The average Bonchev–Trinajstić information content (AvgIpc) is 3.67. The molecule has 3 heterocycles. The van der Waals surface area contributed by atoms with Crippen LogP contribution < -0.4 is 0 Å². The van der Waals surface area contributed by atoms with Gasteiger partial charge in [0.2, 0.25) is 0 Å². The number of carbonyl (C=O) groups excluding carboxylic acids is 2. The van der Waals surface area contributed by atoms with Gasteiger partial charge in [0.25, 0.3) is 0 Å². The molecule has 2 saturated heterocycles. The van der Waals surface area contributed by atoms with Gasteiger partial charge in [0.1, 0.15) is 18.1 Å². The predicted molar refractivity (Wildman–Crippen MR) is 249 cm³/mol. The number of rotatable bonds is 12. The van der Waals surface area contributed by atoms with E-state index in [1.54, 1.807) is 0 Å². The minimum absolute atomic E-state index is 0.0331. The summed E-state index contributed by atoms with van der Waals surface area (Å²) in [6, 6.07) is 12.8. The zero-order valence-corrected chi connectivity index (χ0v) is 39.7. The molecule has 0 bridgehead atoms. The van der Waals surface area contributed by atoms with Crippen molar-refractivity contribution in [3.8, 4) is 0 Å². The van der Waals surface area contributed by atoms with Gasteiger partial charge in [-0.1, -0.05) is 95.5 Å². The molecule has 0 atom stereocenters. The number of Topliss-reactive ketones (excluding diaryl/α,β-unsaturated/α-hetero) is 2. The lowest BCUT2D eigenvalue weighted by Gasteiger charge is -2.41. The van der Waals surface area contributed by atoms with Crippen LogP contribution in [0, 0.1) is 24.7 Å². The Morgan fingerprint density at radius 3 is 1.37 bits per heavy atom. The van der Waals surface area contributed by atoms with Crippen molar-refractivity contribution in [2.45, 2.75) is 152 Å². The lowest BCUT2D eigenvalue weighted by atomic mass is 9.67. The maximum atomic E-state index is 13.7. The van der Waals surface area contributed by atoms with Crippen LogP contribution in [0.15, 0.2) is 47.9 Å². The number of thiophene rings is 1. The Labute approximate surface area is 370 Å². The van der Waals surface area contributed by atoms with E-state index < -0.39 is 0 Å². The molecule has 6 nitrogen and oxygen atoms in total. The lowest BCUT2D eigenvalue weighted by Crippen LogP contribution is -2.36. The Kier molecular flexibility index (Phi) is 17.7. The number of ether oxygens (including phenoxy) is 4. The van der Waals surface area contributed by atoms with E-state index in [0.29, 0.717) is 26.1 Å². The fraction of sp³-hybridized carbons (Fsp3) is 0.577. The molecule has 60 heavy (non-hydrogen) atoms. The molecule has 2 fully saturated rings. The Morgan fingerprint density at radius 1 is 0.617 bits per heavy atom. The van der Waals surface area contributed by atoms with Crippen molar-refractivity contribution in [3.05, 3.63) is 102 Å². The van der Waals surface area contributed by atoms with E-state index in [2.05, 4.69) is 72.7 Å². The van der Waals surface area contributed by atoms with Gasteiger partial charge in [0.05, 0.1) is 22.1 Å². The molecule has 3 aromatic rings. The molecular formula is C52H71ClO6S. The van der Waals surface area contributed by atoms with Crippen molar-refractivity contribution in [2.75, 3.05) is 33.0 Å². The van der Waals surface area contributed by atoms with Crippen molar-refractivity contribution < 1.29 is 28.5 Å². The van der Waals surface area contributed by atoms with E-state index >= 15 is 0 Å². The average molecular weight is 860 g/mol. The molecule has 2 aromatic carbocycles. The fourth-order valence-electron chi connectivity index (χ4n) is 9.73. The second-order valence-electron chi connectivity index (χ2n) is 17.0. The highest BCUT2D eigenvalue weighted by molar-refractivity contribution is 7.16.